The molecule has 0 atom stereocenters. The molecule has 0 amide bonds. The predicted octanol–water partition coefficient (Wildman–Crippen LogP) is 1.49. The minimum Gasteiger partial charge on any atom is -0.477 e. The Morgan fingerprint density at radius 3 is 2.80 bits per heavy atom. The fourth-order valence-electron chi connectivity index (χ4n) is 1.59. The van der Waals surface area contributed by atoms with Gasteiger partial charge in [0.2, 0.25) is 10.0 Å². The number of thiophene rings is 1. The summed E-state index contributed by atoms with van der Waals surface area (Å²) in [6.45, 7) is 1.30. The van der Waals surface area contributed by atoms with Crippen molar-refractivity contribution in [1.29, 1.82) is 0 Å². The van der Waals surface area contributed by atoms with Crippen molar-refractivity contribution in [1.82, 2.24) is 4.31 Å². The van der Waals surface area contributed by atoms with E-state index in [1.54, 1.807) is 0 Å². The number of sulfonamides is 1. The number of likely N-dealkylation sites (N-methyl/N-ethyl adjacent to an activating group) is 1. The van der Waals surface area contributed by atoms with Crippen molar-refractivity contribution >= 4 is 27.3 Å². The van der Waals surface area contributed by atoms with Gasteiger partial charge in [0.15, 0.2) is 0 Å². The Hall–Kier alpha value is -0.960. The predicted molar refractivity (Wildman–Crippen MR) is 74.6 cm³/mol. The van der Waals surface area contributed by atoms with Gasteiger partial charge in [-0.3, -0.25) is 0 Å². The lowest BCUT2D eigenvalue weighted by Gasteiger charge is -2.16. The highest BCUT2D eigenvalue weighted by Gasteiger charge is 2.24. The molecule has 8 heteroatoms. The lowest BCUT2D eigenvalue weighted by atomic mass is 10.5. The van der Waals surface area contributed by atoms with E-state index in [9.17, 15) is 13.2 Å². The molecule has 0 aliphatic heterocycles. The Morgan fingerprint density at radius 2 is 2.25 bits per heavy atom. The quantitative estimate of drug-likeness (QED) is 0.734. The molecule has 0 radical (unpaired) electrons. The molecule has 20 heavy (non-hydrogen) atoms. The second kappa shape index (κ2) is 6.21. The molecule has 1 aliphatic carbocycles. The largest absolute Gasteiger partial charge is 0.477 e. The number of carboxylic acids is 1. The fraction of sp³-hybridized carbons (Fsp3) is 0.583. The number of rotatable bonds is 8. The Bertz CT molecular complexity index is 576. The van der Waals surface area contributed by atoms with Crippen LogP contribution >= 0.6 is 11.3 Å². The first-order valence-electron chi connectivity index (χ1n) is 6.27. The van der Waals surface area contributed by atoms with Gasteiger partial charge < -0.3 is 9.84 Å². The van der Waals surface area contributed by atoms with E-state index < -0.39 is 16.0 Å². The number of ether oxygens (including phenoxy) is 1. The summed E-state index contributed by atoms with van der Waals surface area (Å²) in [5.74, 6) is -0.473. The molecule has 0 saturated heterocycles. The molecule has 0 spiro atoms. The van der Waals surface area contributed by atoms with Gasteiger partial charge in [0, 0.05) is 25.6 Å². The molecule has 0 unspecified atom stereocenters. The van der Waals surface area contributed by atoms with Gasteiger partial charge in [-0.05, 0) is 24.8 Å². The highest BCUT2D eigenvalue weighted by molar-refractivity contribution is 7.89. The minimum absolute atomic E-state index is 0.0157. The van der Waals surface area contributed by atoms with Gasteiger partial charge >= 0.3 is 5.97 Å². The third-order valence-corrected chi connectivity index (χ3v) is 6.00. The lowest BCUT2D eigenvalue weighted by Crippen LogP contribution is -2.30. The highest BCUT2D eigenvalue weighted by Crippen LogP contribution is 2.28. The zero-order valence-electron chi connectivity index (χ0n) is 11.1. The molecule has 1 aromatic rings. The van der Waals surface area contributed by atoms with Crippen LogP contribution in [-0.2, 0) is 14.8 Å². The molecule has 6 nitrogen and oxygen atoms in total. The van der Waals surface area contributed by atoms with Gasteiger partial charge in [-0.15, -0.1) is 11.3 Å². The molecule has 1 aliphatic rings. The van der Waals surface area contributed by atoms with Crippen LogP contribution in [0.15, 0.2) is 16.3 Å². The van der Waals surface area contributed by atoms with Crippen molar-refractivity contribution in [3.05, 3.63) is 16.3 Å². The molecule has 1 saturated carbocycles. The Balaban J connectivity index is 1.91. The molecule has 1 N–H and O–H groups in total. The van der Waals surface area contributed by atoms with Crippen LogP contribution in [0.5, 0.6) is 0 Å². The van der Waals surface area contributed by atoms with Crippen molar-refractivity contribution < 1.29 is 23.1 Å². The summed E-state index contributed by atoms with van der Waals surface area (Å²) in [6, 6.07) is 1.18. The van der Waals surface area contributed by atoms with E-state index >= 15 is 0 Å². The number of hydrogen-bond donors (Lipinski definition) is 1. The zero-order chi connectivity index (χ0) is 14.8. The van der Waals surface area contributed by atoms with Crippen LogP contribution in [-0.4, -0.2) is 50.6 Å². The summed E-state index contributed by atoms with van der Waals surface area (Å²) in [6.07, 6.45) is 2.39. The van der Waals surface area contributed by atoms with Crippen LogP contribution in [0.2, 0.25) is 0 Å². The van der Waals surface area contributed by atoms with Gasteiger partial charge in [-0.1, -0.05) is 0 Å². The number of nitrogens with zero attached hydrogens (tertiary/aromatic N) is 1. The summed E-state index contributed by atoms with van der Waals surface area (Å²) < 4.78 is 31.0. The number of carbonyl (C=O) groups is 1. The normalized spacial score (nSPS) is 15.7. The van der Waals surface area contributed by atoms with E-state index in [0.717, 1.165) is 11.3 Å². The molecule has 0 aromatic carbocycles. The third kappa shape index (κ3) is 3.78. The smallest absolute Gasteiger partial charge is 0.345 e. The van der Waals surface area contributed by atoms with Crippen LogP contribution < -0.4 is 0 Å². The molecule has 0 bridgehead atoms. The van der Waals surface area contributed by atoms with Crippen LogP contribution in [0.1, 0.15) is 22.5 Å². The average molecular weight is 319 g/mol. The highest BCUT2D eigenvalue weighted by atomic mass is 32.2. The molecule has 112 valence electrons. The Kier molecular flexibility index (Phi) is 4.79. The first kappa shape index (κ1) is 15.4. The van der Waals surface area contributed by atoms with E-state index in [0.29, 0.717) is 19.1 Å². The third-order valence-electron chi connectivity index (χ3n) is 3.10. The van der Waals surface area contributed by atoms with Crippen LogP contribution in [0.4, 0.5) is 0 Å². The van der Waals surface area contributed by atoms with Crippen LogP contribution in [0.3, 0.4) is 0 Å². The number of hydrogen-bond acceptors (Lipinski definition) is 5. The van der Waals surface area contributed by atoms with Crippen molar-refractivity contribution in [2.24, 2.45) is 5.92 Å². The number of aromatic carboxylic acids is 1. The van der Waals surface area contributed by atoms with E-state index in [4.69, 9.17) is 9.84 Å². The van der Waals surface area contributed by atoms with E-state index in [2.05, 4.69) is 0 Å². The Morgan fingerprint density at radius 1 is 1.55 bits per heavy atom. The van der Waals surface area contributed by atoms with Gasteiger partial charge in [-0.25, -0.2) is 13.2 Å². The summed E-state index contributed by atoms with van der Waals surface area (Å²) in [7, 11) is -2.17. The zero-order valence-corrected chi connectivity index (χ0v) is 12.7. The standard InChI is InChI=1S/C12H17NO5S2/c1-13(4-5-18-7-9-2-3-9)20(16,17)10-6-11(12(14)15)19-8-10/h6,8-9H,2-5,7H2,1H3,(H,14,15). The molecule has 1 heterocycles. The van der Waals surface area contributed by atoms with Gasteiger partial charge in [0.1, 0.15) is 4.88 Å². The maximum atomic E-state index is 12.2. The van der Waals surface area contributed by atoms with Crippen molar-refractivity contribution in [2.45, 2.75) is 17.7 Å². The first-order chi connectivity index (χ1) is 9.41. The summed E-state index contributed by atoms with van der Waals surface area (Å²) in [4.78, 5) is 10.8. The topological polar surface area (TPSA) is 83.9 Å². The van der Waals surface area contributed by atoms with Gasteiger partial charge in [0.25, 0.3) is 0 Å². The van der Waals surface area contributed by atoms with Crippen molar-refractivity contribution in [2.75, 3.05) is 26.8 Å². The van der Waals surface area contributed by atoms with E-state index in [-0.39, 0.29) is 16.3 Å². The molecule has 1 aromatic heterocycles. The molecule has 2 rings (SSSR count). The monoisotopic (exact) mass is 319 g/mol. The van der Waals surface area contributed by atoms with E-state index in [1.165, 1.54) is 35.6 Å². The fourth-order valence-corrected chi connectivity index (χ4v) is 3.85. The molecular formula is C12H17NO5S2. The number of carboxylic acid groups (broad SMARTS) is 1. The lowest BCUT2D eigenvalue weighted by molar-refractivity contribution is 0.0702. The van der Waals surface area contributed by atoms with Gasteiger partial charge in [-0.2, -0.15) is 4.31 Å². The summed E-state index contributed by atoms with van der Waals surface area (Å²) in [5.41, 5.74) is 0. The summed E-state index contributed by atoms with van der Waals surface area (Å²) >= 11 is 0.906. The van der Waals surface area contributed by atoms with E-state index in [1.807, 2.05) is 0 Å². The SMILES string of the molecule is CN(CCOCC1CC1)S(=O)(=O)c1csc(C(=O)O)c1. The van der Waals surface area contributed by atoms with Crippen LogP contribution in [0, 0.1) is 5.92 Å². The second-order valence-corrected chi connectivity index (χ2v) is 7.75. The van der Waals surface area contributed by atoms with Crippen LogP contribution in [0.25, 0.3) is 0 Å². The molecular weight excluding hydrogens is 302 g/mol. The average Bonchev–Trinajstić information content (AvgIpc) is 3.06. The maximum absolute atomic E-state index is 12.2. The minimum atomic E-state index is -3.64. The Labute approximate surface area is 122 Å². The van der Waals surface area contributed by atoms with Gasteiger partial charge in [0.05, 0.1) is 11.5 Å². The first-order valence-corrected chi connectivity index (χ1v) is 8.59. The molecule has 1 fully saturated rings. The van der Waals surface area contributed by atoms with Crippen molar-refractivity contribution in [3.63, 3.8) is 0 Å². The maximum Gasteiger partial charge on any atom is 0.345 e. The second-order valence-electron chi connectivity index (χ2n) is 4.80. The summed E-state index contributed by atoms with van der Waals surface area (Å²) in [5, 5.41) is 10.2. The van der Waals surface area contributed by atoms with Crippen molar-refractivity contribution in [3.8, 4) is 0 Å².